The molecule has 3 aromatic carbocycles. The van der Waals surface area contributed by atoms with Crippen molar-refractivity contribution in [1.29, 1.82) is 0 Å². The van der Waals surface area contributed by atoms with Gasteiger partial charge in [0.1, 0.15) is 6.73 Å². The van der Waals surface area contributed by atoms with Crippen molar-refractivity contribution in [2.45, 2.75) is 19.3 Å². The third kappa shape index (κ3) is 4.63. The zero-order valence-corrected chi connectivity index (χ0v) is 16.1. The van der Waals surface area contributed by atoms with Gasteiger partial charge in [-0.05, 0) is 65.4 Å². The van der Waals surface area contributed by atoms with Crippen molar-refractivity contribution in [3.63, 3.8) is 0 Å². The highest BCUT2D eigenvalue weighted by molar-refractivity contribution is 5.95. The van der Waals surface area contributed by atoms with Crippen LogP contribution in [0.1, 0.15) is 44.7 Å². The van der Waals surface area contributed by atoms with Gasteiger partial charge in [0.2, 0.25) is 0 Å². The van der Waals surface area contributed by atoms with Gasteiger partial charge in [0.15, 0.2) is 0 Å². The first-order valence-electron chi connectivity index (χ1n) is 9.83. The van der Waals surface area contributed by atoms with E-state index in [0.29, 0.717) is 18.7 Å². The van der Waals surface area contributed by atoms with E-state index in [4.69, 9.17) is 9.84 Å². The van der Waals surface area contributed by atoms with E-state index in [1.165, 1.54) is 0 Å². The molecule has 1 aliphatic heterocycles. The number of fused-ring (bicyclic) bond motifs is 1. The number of ether oxygens (including phenoxy) is 1. The Morgan fingerprint density at radius 3 is 2.21 bits per heavy atom. The second-order valence-corrected chi connectivity index (χ2v) is 7.46. The smallest absolute Gasteiger partial charge is 0.339 e. The first kappa shape index (κ1) is 19.2. The molecule has 0 aliphatic carbocycles. The molecule has 1 saturated heterocycles. The van der Waals surface area contributed by atoms with E-state index in [0.717, 1.165) is 47.8 Å². The van der Waals surface area contributed by atoms with Gasteiger partial charge in [-0.3, -0.25) is 4.90 Å². The number of hydrogen-bond donors (Lipinski definition) is 1. The maximum atomic E-state index is 12.4. The molecule has 0 spiro atoms. The van der Waals surface area contributed by atoms with Gasteiger partial charge in [-0.2, -0.15) is 0 Å². The molecule has 1 fully saturated rings. The third-order valence-corrected chi connectivity index (χ3v) is 5.33. The van der Waals surface area contributed by atoms with Crippen LogP contribution in [-0.4, -0.2) is 41.8 Å². The van der Waals surface area contributed by atoms with Crippen LogP contribution in [0.2, 0.25) is 0 Å². The van der Waals surface area contributed by atoms with E-state index >= 15 is 0 Å². The highest BCUT2D eigenvalue weighted by atomic mass is 16.5. The van der Waals surface area contributed by atoms with Crippen molar-refractivity contribution in [2.24, 2.45) is 0 Å². The zero-order valence-electron chi connectivity index (χ0n) is 16.1. The fourth-order valence-electron chi connectivity index (χ4n) is 3.68. The molecule has 0 unspecified atom stereocenters. The van der Waals surface area contributed by atoms with Crippen molar-refractivity contribution in [3.8, 4) is 0 Å². The summed E-state index contributed by atoms with van der Waals surface area (Å²) in [5, 5.41) is 11.1. The van der Waals surface area contributed by atoms with Gasteiger partial charge in [-0.25, -0.2) is 9.59 Å². The van der Waals surface area contributed by atoms with Gasteiger partial charge < -0.3 is 9.84 Å². The van der Waals surface area contributed by atoms with E-state index in [1.807, 2.05) is 30.3 Å². The Bertz CT molecular complexity index is 1040. The van der Waals surface area contributed by atoms with E-state index in [-0.39, 0.29) is 11.5 Å². The number of carboxylic acid groups (broad SMARTS) is 1. The number of carboxylic acids is 1. The Morgan fingerprint density at radius 1 is 0.828 bits per heavy atom. The lowest BCUT2D eigenvalue weighted by Crippen LogP contribution is -2.24. The van der Waals surface area contributed by atoms with Crippen molar-refractivity contribution in [2.75, 3.05) is 19.8 Å². The molecule has 29 heavy (non-hydrogen) atoms. The summed E-state index contributed by atoms with van der Waals surface area (Å²) in [7, 11) is 0. The molecule has 1 aliphatic rings. The molecule has 4 rings (SSSR count). The van der Waals surface area contributed by atoms with E-state index in [1.54, 1.807) is 18.2 Å². The van der Waals surface area contributed by atoms with Gasteiger partial charge in [0, 0.05) is 13.1 Å². The minimum Gasteiger partial charge on any atom is -0.478 e. The van der Waals surface area contributed by atoms with Crippen LogP contribution in [0.25, 0.3) is 10.8 Å². The average molecular weight is 389 g/mol. The fourth-order valence-corrected chi connectivity index (χ4v) is 3.68. The predicted molar refractivity (Wildman–Crippen MR) is 111 cm³/mol. The van der Waals surface area contributed by atoms with Crippen molar-refractivity contribution in [1.82, 2.24) is 4.90 Å². The van der Waals surface area contributed by atoms with Crippen LogP contribution in [0.5, 0.6) is 0 Å². The normalized spacial score (nSPS) is 14.2. The molecule has 0 radical (unpaired) electrons. The van der Waals surface area contributed by atoms with Crippen LogP contribution >= 0.6 is 0 Å². The Balaban J connectivity index is 1.48. The SMILES string of the molecule is O=C(O)c1ccc(Cc2ccc3ccc(C(=O)OCN4CCCC4)cc3c2)cc1. The number of likely N-dealkylation sites (tertiary alicyclic amines) is 1. The number of aromatic carboxylic acids is 1. The molecule has 0 atom stereocenters. The molecule has 0 amide bonds. The molecule has 1 N–H and O–H groups in total. The second-order valence-electron chi connectivity index (χ2n) is 7.46. The first-order valence-corrected chi connectivity index (χ1v) is 9.83. The van der Waals surface area contributed by atoms with Crippen LogP contribution in [0.4, 0.5) is 0 Å². The highest BCUT2D eigenvalue weighted by Crippen LogP contribution is 2.21. The molecule has 5 nitrogen and oxygen atoms in total. The van der Waals surface area contributed by atoms with Crippen molar-refractivity contribution < 1.29 is 19.4 Å². The maximum Gasteiger partial charge on any atom is 0.339 e. The van der Waals surface area contributed by atoms with Gasteiger partial charge in [0.25, 0.3) is 0 Å². The zero-order chi connectivity index (χ0) is 20.2. The van der Waals surface area contributed by atoms with Crippen molar-refractivity contribution in [3.05, 3.63) is 82.9 Å². The molecule has 0 bridgehead atoms. The highest BCUT2D eigenvalue weighted by Gasteiger charge is 2.14. The summed E-state index contributed by atoms with van der Waals surface area (Å²) in [5.41, 5.74) is 2.97. The van der Waals surface area contributed by atoms with Gasteiger partial charge in [-0.1, -0.05) is 36.4 Å². The lowest BCUT2D eigenvalue weighted by atomic mass is 9.99. The van der Waals surface area contributed by atoms with Crippen LogP contribution in [-0.2, 0) is 11.2 Å². The first-order chi connectivity index (χ1) is 14.1. The van der Waals surface area contributed by atoms with Crippen molar-refractivity contribution >= 4 is 22.7 Å². The summed E-state index contributed by atoms with van der Waals surface area (Å²) in [4.78, 5) is 25.5. The summed E-state index contributed by atoms with van der Waals surface area (Å²) in [6, 6.07) is 18.7. The molecule has 148 valence electrons. The Labute approximate surface area is 169 Å². The van der Waals surface area contributed by atoms with Gasteiger partial charge in [-0.15, -0.1) is 0 Å². The fraction of sp³-hybridized carbons (Fsp3) is 0.250. The minimum atomic E-state index is -0.925. The van der Waals surface area contributed by atoms with Crippen LogP contribution in [0.3, 0.4) is 0 Å². The number of rotatable bonds is 6. The summed E-state index contributed by atoms with van der Waals surface area (Å²) in [6.07, 6.45) is 3.02. The third-order valence-electron chi connectivity index (χ3n) is 5.33. The number of nitrogens with zero attached hydrogens (tertiary/aromatic N) is 1. The van der Waals surface area contributed by atoms with Crippen LogP contribution in [0, 0.1) is 0 Å². The van der Waals surface area contributed by atoms with E-state index in [2.05, 4.69) is 17.0 Å². The number of carbonyl (C=O) groups excluding carboxylic acids is 1. The lowest BCUT2D eigenvalue weighted by molar-refractivity contribution is 0.0269. The van der Waals surface area contributed by atoms with E-state index in [9.17, 15) is 9.59 Å². The quantitative estimate of drug-likeness (QED) is 0.635. The maximum absolute atomic E-state index is 12.4. The monoisotopic (exact) mass is 389 g/mol. The summed E-state index contributed by atoms with van der Waals surface area (Å²) >= 11 is 0. The van der Waals surface area contributed by atoms with Crippen LogP contribution in [0.15, 0.2) is 60.7 Å². The number of hydrogen-bond acceptors (Lipinski definition) is 4. The Hall–Kier alpha value is -3.18. The number of carbonyl (C=O) groups is 2. The molecule has 0 saturated carbocycles. The summed E-state index contributed by atoms with van der Waals surface area (Å²) in [6.45, 7) is 2.33. The number of benzene rings is 3. The molecular weight excluding hydrogens is 366 g/mol. The topological polar surface area (TPSA) is 66.8 Å². The molecule has 5 heteroatoms. The summed E-state index contributed by atoms with van der Waals surface area (Å²) in [5.74, 6) is -1.22. The minimum absolute atomic E-state index is 0.282. The number of esters is 1. The largest absolute Gasteiger partial charge is 0.478 e. The molecule has 1 heterocycles. The van der Waals surface area contributed by atoms with Gasteiger partial charge >= 0.3 is 11.9 Å². The lowest BCUT2D eigenvalue weighted by Gasteiger charge is -2.14. The summed E-state index contributed by atoms with van der Waals surface area (Å²) < 4.78 is 5.46. The second kappa shape index (κ2) is 8.45. The average Bonchev–Trinajstić information content (AvgIpc) is 3.25. The van der Waals surface area contributed by atoms with Crippen LogP contribution < -0.4 is 0 Å². The molecular formula is C24H23NO4. The van der Waals surface area contributed by atoms with E-state index < -0.39 is 5.97 Å². The Kier molecular flexibility index (Phi) is 5.58. The Morgan fingerprint density at radius 2 is 1.48 bits per heavy atom. The standard InChI is InChI=1S/C24H23NO4/c26-23(27)20-7-3-17(4-8-20)13-18-5-6-19-9-10-21(15-22(19)14-18)24(28)29-16-25-11-1-2-12-25/h3-10,14-15H,1-2,11-13,16H2,(H,26,27). The molecule has 3 aromatic rings. The molecule has 0 aromatic heterocycles. The predicted octanol–water partition coefficient (Wildman–Crippen LogP) is 4.34. The van der Waals surface area contributed by atoms with Gasteiger partial charge in [0.05, 0.1) is 11.1 Å².